The van der Waals surface area contributed by atoms with Crippen molar-refractivity contribution in [2.24, 2.45) is 46.3 Å². The molecule has 8 atom stereocenters. The van der Waals surface area contributed by atoms with Gasteiger partial charge in [0.2, 0.25) is 0 Å². The number of fused-ring (bicyclic) bond motifs is 5. The molecular weight excluding hydrogens is 264 g/mol. The van der Waals surface area contributed by atoms with Crippen LogP contribution >= 0.6 is 0 Å². The summed E-state index contributed by atoms with van der Waals surface area (Å²) in [5.74, 6) is 6.28. The zero-order valence-corrected chi connectivity index (χ0v) is 15.5. The fourth-order valence-corrected chi connectivity index (χ4v) is 8.62. The second-order valence-corrected chi connectivity index (χ2v) is 10.2. The molecule has 0 nitrogen and oxygen atoms in total. The zero-order chi connectivity index (χ0) is 15.5. The minimum absolute atomic E-state index is 0.688. The van der Waals surface area contributed by atoms with Crippen molar-refractivity contribution in [2.75, 3.05) is 0 Å². The van der Waals surface area contributed by atoms with Gasteiger partial charge in [-0.05, 0) is 91.3 Å². The average Bonchev–Trinajstić information content (AvgIpc) is 2.77. The lowest BCUT2D eigenvalue weighted by Crippen LogP contribution is -2.53. The van der Waals surface area contributed by atoms with Gasteiger partial charge in [-0.3, -0.25) is 0 Å². The molecule has 4 rings (SSSR count). The van der Waals surface area contributed by atoms with Crippen LogP contribution in [-0.4, -0.2) is 0 Å². The van der Waals surface area contributed by atoms with E-state index in [0.29, 0.717) is 10.8 Å². The molecule has 0 heteroatoms. The normalized spacial score (nSPS) is 57.8. The quantitative estimate of drug-likeness (QED) is 0.506. The molecule has 0 radical (unpaired) electrons. The van der Waals surface area contributed by atoms with Crippen LogP contribution < -0.4 is 0 Å². The summed E-state index contributed by atoms with van der Waals surface area (Å²) in [5, 5.41) is 0. The molecule has 4 saturated carbocycles. The van der Waals surface area contributed by atoms with Gasteiger partial charge in [-0.1, -0.05) is 47.0 Å². The van der Waals surface area contributed by atoms with Crippen LogP contribution in [0.3, 0.4) is 0 Å². The summed E-state index contributed by atoms with van der Waals surface area (Å²) in [6.07, 6.45) is 15.3. The minimum atomic E-state index is 0.688. The fourth-order valence-electron chi connectivity index (χ4n) is 8.62. The molecule has 0 aromatic rings. The predicted octanol–water partition coefficient (Wildman–Crippen LogP) is 6.69. The van der Waals surface area contributed by atoms with Gasteiger partial charge in [0.25, 0.3) is 0 Å². The third-order valence-electron chi connectivity index (χ3n) is 9.57. The molecule has 4 aliphatic rings. The van der Waals surface area contributed by atoms with Crippen LogP contribution in [0.4, 0.5) is 0 Å². The Morgan fingerprint density at radius 1 is 0.909 bits per heavy atom. The molecule has 0 saturated heterocycles. The lowest BCUT2D eigenvalue weighted by atomic mass is 9.44. The van der Waals surface area contributed by atoms with Crippen molar-refractivity contribution in [3.05, 3.63) is 0 Å². The van der Waals surface area contributed by atoms with E-state index < -0.39 is 0 Å². The molecule has 0 N–H and O–H groups in total. The monoisotopic (exact) mass is 302 g/mol. The van der Waals surface area contributed by atoms with E-state index in [2.05, 4.69) is 27.7 Å². The molecule has 126 valence electrons. The summed E-state index contributed by atoms with van der Waals surface area (Å²) < 4.78 is 0. The highest BCUT2D eigenvalue weighted by Crippen LogP contribution is 2.68. The number of hydrogen-bond acceptors (Lipinski definition) is 0. The molecule has 4 fully saturated rings. The fraction of sp³-hybridized carbons (Fsp3) is 1.00. The highest BCUT2D eigenvalue weighted by Gasteiger charge is 2.60. The van der Waals surface area contributed by atoms with Crippen LogP contribution in [0.1, 0.15) is 91.9 Å². The molecule has 0 bridgehead atoms. The summed E-state index contributed by atoms with van der Waals surface area (Å²) in [6.45, 7) is 10.5. The SMILES string of the molecule is CC[C@H]1CC(C)[C@H]2[C@@H]3CCC4CCCC[C@]4(C)[C@H]3CC[C@]12C. The van der Waals surface area contributed by atoms with Gasteiger partial charge in [0.05, 0.1) is 0 Å². The van der Waals surface area contributed by atoms with Gasteiger partial charge in [-0.15, -0.1) is 0 Å². The Balaban J connectivity index is 1.66. The van der Waals surface area contributed by atoms with E-state index >= 15 is 0 Å². The van der Waals surface area contributed by atoms with Crippen molar-refractivity contribution in [3.8, 4) is 0 Å². The summed E-state index contributed by atoms with van der Waals surface area (Å²) >= 11 is 0. The molecule has 0 spiro atoms. The first-order valence-electron chi connectivity index (χ1n) is 10.5. The van der Waals surface area contributed by atoms with E-state index in [0.717, 1.165) is 35.5 Å². The van der Waals surface area contributed by atoms with Gasteiger partial charge >= 0.3 is 0 Å². The Kier molecular flexibility index (Phi) is 3.70. The molecule has 22 heavy (non-hydrogen) atoms. The highest BCUT2D eigenvalue weighted by atomic mass is 14.7. The van der Waals surface area contributed by atoms with Gasteiger partial charge in [0, 0.05) is 0 Å². The first-order chi connectivity index (χ1) is 10.5. The Bertz CT molecular complexity index is 426. The summed E-state index contributed by atoms with van der Waals surface area (Å²) in [6, 6.07) is 0. The van der Waals surface area contributed by atoms with Gasteiger partial charge in [-0.2, -0.15) is 0 Å². The molecule has 2 unspecified atom stereocenters. The van der Waals surface area contributed by atoms with Crippen molar-refractivity contribution in [1.29, 1.82) is 0 Å². The summed E-state index contributed by atoms with van der Waals surface area (Å²) in [7, 11) is 0. The second-order valence-electron chi connectivity index (χ2n) is 10.2. The van der Waals surface area contributed by atoms with Crippen molar-refractivity contribution in [3.63, 3.8) is 0 Å². The van der Waals surface area contributed by atoms with E-state index in [-0.39, 0.29) is 0 Å². The van der Waals surface area contributed by atoms with Crippen LogP contribution in [0.25, 0.3) is 0 Å². The smallest absolute Gasteiger partial charge is 0.0264 e. The molecule has 0 amide bonds. The van der Waals surface area contributed by atoms with Crippen molar-refractivity contribution in [2.45, 2.75) is 91.9 Å². The molecule has 4 aliphatic carbocycles. The van der Waals surface area contributed by atoms with Gasteiger partial charge < -0.3 is 0 Å². The number of hydrogen-bond donors (Lipinski definition) is 0. The third-order valence-corrected chi connectivity index (χ3v) is 9.57. The zero-order valence-electron chi connectivity index (χ0n) is 15.5. The highest BCUT2D eigenvalue weighted by molar-refractivity contribution is 5.09. The maximum absolute atomic E-state index is 2.72. The second kappa shape index (κ2) is 5.25. The standard InChI is InChI=1S/C22H38/c1-5-16-14-15(2)20-18-10-9-17-8-6-7-12-21(17,3)19(18)11-13-22(16,20)4/h15-20H,5-14H2,1-4H3/t15?,16-,17?,18+,19-,20-,21-,22+/m0/s1. The first-order valence-corrected chi connectivity index (χ1v) is 10.5. The van der Waals surface area contributed by atoms with Gasteiger partial charge in [0.1, 0.15) is 0 Å². The number of rotatable bonds is 1. The molecule has 0 heterocycles. The molecule has 0 aromatic carbocycles. The third kappa shape index (κ3) is 1.94. The van der Waals surface area contributed by atoms with Crippen molar-refractivity contribution in [1.82, 2.24) is 0 Å². The Morgan fingerprint density at radius 3 is 2.50 bits per heavy atom. The summed E-state index contributed by atoms with van der Waals surface area (Å²) in [5.41, 5.74) is 1.40. The Labute approximate surface area is 138 Å². The van der Waals surface area contributed by atoms with Crippen molar-refractivity contribution >= 4 is 0 Å². The van der Waals surface area contributed by atoms with E-state index in [1.165, 1.54) is 25.7 Å². The van der Waals surface area contributed by atoms with E-state index in [1.807, 2.05) is 0 Å². The molecule has 0 aliphatic heterocycles. The van der Waals surface area contributed by atoms with Crippen LogP contribution in [0.5, 0.6) is 0 Å². The summed E-state index contributed by atoms with van der Waals surface area (Å²) in [4.78, 5) is 0. The Morgan fingerprint density at radius 2 is 1.73 bits per heavy atom. The van der Waals surface area contributed by atoms with Crippen molar-refractivity contribution < 1.29 is 0 Å². The molecular formula is C22H38. The van der Waals surface area contributed by atoms with Crippen LogP contribution in [0.15, 0.2) is 0 Å². The maximum Gasteiger partial charge on any atom is -0.0264 e. The van der Waals surface area contributed by atoms with Gasteiger partial charge in [0.15, 0.2) is 0 Å². The maximum atomic E-state index is 2.72. The lowest BCUT2D eigenvalue weighted by Gasteiger charge is -2.61. The van der Waals surface area contributed by atoms with E-state index in [1.54, 1.807) is 38.5 Å². The first kappa shape index (κ1) is 15.5. The van der Waals surface area contributed by atoms with Crippen LogP contribution in [-0.2, 0) is 0 Å². The van der Waals surface area contributed by atoms with Gasteiger partial charge in [-0.25, -0.2) is 0 Å². The Hall–Kier alpha value is 0. The average molecular weight is 303 g/mol. The largest absolute Gasteiger partial charge is 0.0651 e. The van der Waals surface area contributed by atoms with E-state index in [4.69, 9.17) is 0 Å². The van der Waals surface area contributed by atoms with Crippen LogP contribution in [0.2, 0.25) is 0 Å². The lowest BCUT2D eigenvalue weighted by molar-refractivity contribution is -0.117. The topological polar surface area (TPSA) is 0 Å². The van der Waals surface area contributed by atoms with Crippen LogP contribution in [0, 0.1) is 46.3 Å². The van der Waals surface area contributed by atoms with E-state index in [9.17, 15) is 0 Å². The minimum Gasteiger partial charge on any atom is -0.0651 e. The molecule has 0 aromatic heterocycles. The predicted molar refractivity (Wildman–Crippen MR) is 94.7 cm³/mol.